The quantitative estimate of drug-likeness (QED) is 0.367. The predicted octanol–water partition coefficient (Wildman–Crippen LogP) is 7.06. The van der Waals surface area contributed by atoms with Gasteiger partial charge in [-0.3, -0.25) is 0 Å². The van der Waals surface area contributed by atoms with Gasteiger partial charge in [0.25, 0.3) is 0 Å². The lowest BCUT2D eigenvalue weighted by Gasteiger charge is -2.31. The van der Waals surface area contributed by atoms with E-state index in [4.69, 9.17) is 15.8 Å². The first kappa shape index (κ1) is 20.1. The van der Waals surface area contributed by atoms with Crippen LogP contribution in [0.1, 0.15) is 69.8 Å². The molecule has 1 aliphatic heterocycles. The highest BCUT2D eigenvalue weighted by Gasteiger charge is 2.28. The molecule has 2 fully saturated rings. The summed E-state index contributed by atoms with van der Waals surface area (Å²) in [7, 11) is -0.522. The van der Waals surface area contributed by atoms with Gasteiger partial charge in [-0.25, -0.2) is 4.39 Å². The molecule has 1 radical (unpaired) electrons. The largest absolute Gasteiger partial charge is 0.491 e. The molecule has 1 nitrogen and oxygen atoms in total. The lowest BCUT2D eigenvalue weighted by molar-refractivity contribution is 0.275. The van der Waals surface area contributed by atoms with E-state index < -0.39 is 19.7 Å². The summed E-state index contributed by atoms with van der Waals surface area (Å²) in [6, 6.07) is 5.85. The van der Waals surface area contributed by atoms with Crippen LogP contribution in [0.25, 0.3) is 0 Å². The first-order valence-electron chi connectivity index (χ1n) is 10.2. The topological polar surface area (TPSA) is 9.23 Å². The number of halogens is 3. The van der Waals surface area contributed by atoms with Crippen LogP contribution in [0.5, 0.6) is 5.75 Å². The highest BCUT2D eigenvalue weighted by atomic mass is 35.6. The number of hydrogen-bond acceptors (Lipinski definition) is 1. The van der Waals surface area contributed by atoms with Crippen molar-refractivity contribution in [3.8, 4) is 5.75 Å². The summed E-state index contributed by atoms with van der Waals surface area (Å²) in [4.78, 5) is 0. The van der Waals surface area contributed by atoms with E-state index in [1.807, 2.05) is 0 Å². The molecule has 0 amide bonds. The second-order valence-electron chi connectivity index (χ2n) is 7.97. The zero-order valence-corrected chi connectivity index (χ0v) is 17.5. The minimum absolute atomic E-state index is 0.0244. The Morgan fingerprint density at radius 1 is 0.962 bits per heavy atom. The van der Waals surface area contributed by atoms with Crippen LogP contribution in [0.15, 0.2) is 12.1 Å². The number of ether oxygens (including phenoxy) is 1. The van der Waals surface area contributed by atoms with Gasteiger partial charge in [0, 0.05) is 0 Å². The fourth-order valence-electron chi connectivity index (χ4n) is 4.64. The Kier molecular flexibility index (Phi) is 7.39. The van der Waals surface area contributed by atoms with Gasteiger partial charge >= 0.3 is 0 Å². The van der Waals surface area contributed by atoms with E-state index in [1.54, 1.807) is 19.1 Å². The normalized spacial score (nSPS) is 25.4. The Bertz CT molecular complexity index is 582. The maximum atomic E-state index is 14.4. The van der Waals surface area contributed by atoms with Gasteiger partial charge < -0.3 is 4.74 Å². The third-order valence-corrected chi connectivity index (χ3v) is 9.09. The molecule has 1 heterocycles. The first-order valence-corrected chi connectivity index (χ1v) is 13.1. The second kappa shape index (κ2) is 9.54. The van der Waals surface area contributed by atoms with Crippen LogP contribution in [0.2, 0.25) is 12.1 Å². The molecule has 0 unspecified atom stereocenters. The van der Waals surface area contributed by atoms with Crippen LogP contribution >= 0.6 is 11.1 Å². The van der Waals surface area contributed by atoms with E-state index in [-0.39, 0.29) is 11.7 Å². The van der Waals surface area contributed by atoms with Gasteiger partial charge in [-0.05, 0) is 74.1 Å². The number of benzene rings is 1. The first-order chi connectivity index (χ1) is 12.6. The van der Waals surface area contributed by atoms with E-state index in [1.165, 1.54) is 37.8 Å². The summed E-state index contributed by atoms with van der Waals surface area (Å²) >= 11 is 6.29. The van der Waals surface area contributed by atoms with Crippen LogP contribution in [0.3, 0.4) is 0 Å². The fraction of sp³-hybridized carbons (Fsp3) is 0.714. The molecule has 0 atom stereocenters. The molecule has 26 heavy (non-hydrogen) atoms. The van der Waals surface area contributed by atoms with Crippen molar-refractivity contribution in [1.82, 2.24) is 0 Å². The average Bonchev–Trinajstić information content (AvgIpc) is 2.66. The zero-order chi connectivity index (χ0) is 18.5. The van der Waals surface area contributed by atoms with Crippen molar-refractivity contribution in [3.63, 3.8) is 0 Å². The van der Waals surface area contributed by atoms with Crippen LogP contribution in [0, 0.1) is 23.5 Å². The molecule has 1 aromatic carbocycles. The fourth-order valence-corrected chi connectivity index (χ4v) is 6.99. The summed E-state index contributed by atoms with van der Waals surface area (Å²) < 4.78 is 33.7. The van der Waals surface area contributed by atoms with Crippen LogP contribution in [-0.2, 0) is 0 Å². The molecule has 2 aliphatic rings. The lowest BCUT2D eigenvalue weighted by Crippen LogP contribution is -2.19. The lowest BCUT2D eigenvalue weighted by atomic mass is 9.76. The standard InChI is InChI=1S/C21H30ClF2OSi/c1-2-25-19-10-9-18(20(23)21(19)24)17-7-5-15(6-8-17)3-4-16-11-13-26(22)14-12-16/h9-10,15-17H,2-8,11-14H2,1H3. The van der Waals surface area contributed by atoms with E-state index in [0.29, 0.717) is 12.2 Å². The van der Waals surface area contributed by atoms with Gasteiger partial charge in [0.1, 0.15) is 0 Å². The average molecular weight is 400 g/mol. The molecule has 5 heteroatoms. The minimum atomic E-state index is -0.830. The van der Waals surface area contributed by atoms with Gasteiger partial charge in [-0.2, -0.15) is 15.5 Å². The Morgan fingerprint density at radius 3 is 2.19 bits per heavy atom. The van der Waals surface area contributed by atoms with E-state index >= 15 is 0 Å². The van der Waals surface area contributed by atoms with E-state index in [9.17, 15) is 8.78 Å². The summed E-state index contributed by atoms with van der Waals surface area (Å²) in [6.07, 6.45) is 9.47. The van der Waals surface area contributed by atoms with Crippen molar-refractivity contribution in [2.75, 3.05) is 6.61 Å². The summed E-state index contributed by atoms with van der Waals surface area (Å²) in [5, 5.41) is 0. The Balaban J connectivity index is 1.48. The van der Waals surface area contributed by atoms with Crippen molar-refractivity contribution in [1.29, 1.82) is 0 Å². The SMILES string of the molecule is CCOc1ccc(C2CCC(CCC3CC[Si](Cl)CC3)CC2)c(F)c1F. The van der Waals surface area contributed by atoms with Gasteiger partial charge in [0.15, 0.2) is 19.7 Å². The van der Waals surface area contributed by atoms with Gasteiger partial charge in [0.05, 0.1) is 6.61 Å². The molecule has 1 saturated carbocycles. The number of rotatable bonds is 6. The molecule has 0 bridgehead atoms. The molecule has 0 N–H and O–H groups in total. The van der Waals surface area contributed by atoms with Crippen LogP contribution < -0.4 is 4.74 Å². The van der Waals surface area contributed by atoms with Crippen LogP contribution in [0.4, 0.5) is 8.78 Å². The van der Waals surface area contributed by atoms with E-state index in [2.05, 4.69) is 0 Å². The third-order valence-electron chi connectivity index (χ3n) is 6.29. The van der Waals surface area contributed by atoms with E-state index in [0.717, 1.165) is 37.5 Å². The molecule has 3 rings (SSSR count). The molecule has 0 spiro atoms. The minimum Gasteiger partial charge on any atom is -0.491 e. The predicted molar refractivity (Wildman–Crippen MR) is 105 cm³/mol. The maximum absolute atomic E-state index is 14.4. The summed E-state index contributed by atoms with van der Waals surface area (Å²) in [5.74, 6) is 0.260. The molecular weight excluding hydrogens is 370 g/mol. The molecule has 1 aromatic rings. The zero-order valence-electron chi connectivity index (χ0n) is 15.7. The van der Waals surface area contributed by atoms with Crippen molar-refractivity contribution in [2.45, 2.75) is 76.3 Å². The molecule has 1 aliphatic carbocycles. The monoisotopic (exact) mass is 399 g/mol. The Hall–Kier alpha value is -0.613. The Labute approximate surface area is 162 Å². The molecule has 0 aromatic heterocycles. The third kappa shape index (κ3) is 5.01. The molecule has 145 valence electrons. The van der Waals surface area contributed by atoms with Gasteiger partial charge in [-0.1, -0.05) is 31.7 Å². The van der Waals surface area contributed by atoms with Crippen molar-refractivity contribution >= 4 is 19.2 Å². The van der Waals surface area contributed by atoms with Crippen molar-refractivity contribution in [3.05, 3.63) is 29.3 Å². The van der Waals surface area contributed by atoms with Crippen LogP contribution in [-0.4, -0.2) is 14.7 Å². The van der Waals surface area contributed by atoms with Gasteiger partial charge in [0.2, 0.25) is 5.82 Å². The maximum Gasteiger partial charge on any atom is 0.200 e. The Morgan fingerprint density at radius 2 is 1.58 bits per heavy atom. The molecular formula is C21H30ClF2OSi. The smallest absolute Gasteiger partial charge is 0.200 e. The highest BCUT2D eigenvalue weighted by Crippen LogP contribution is 2.41. The van der Waals surface area contributed by atoms with Crippen molar-refractivity contribution in [2.24, 2.45) is 11.8 Å². The second-order valence-corrected chi connectivity index (χ2v) is 11.6. The van der Waals surface area contributed by atoms with Gasteiger partial charge in [-0.15, -0.1) is 0 Å². The highest BCUT2D eigenvalue weighted by molar-refractivity contribution is 7.07. The summed E-state index contributed by atoms with van der Waals surface area (Å²) in [5.41, 5.74) is 0.536. The molecule has 1 saturated heterocycles. The van der Waals surface area contributed by atoms with Crippen molar-refractivity contribution < 1.29 is 13.5 Å². The number of hydrogen-bond donors (Lipinski definition) is 0. The summed E-state index contributed by atoms with van der Waals surface area (Å²) in [6.45, 7) is 2.12.